The van der Waals surface area contributed by atoms with Gasteiger partial charge in [0.15, 0.2) is 6.10 Å². The summed E-state index contributed by atoms with van der Waals surface area (Å²) in [6.07, 6.45) is 3.64. The molecule has 0 aromatic rings. The zero-order valence-electron chi connectivity index (χ0n) is 10.2. The minimum atomic E-state index is -0.612. The lowest BCUT2D eigenvalue weighted by atomic mass is 10.1. The molecule has 0 spiro atoms. The summed E-state index contributed by atoms with van der Waals surface area (Å²) in [5.74, 6) is -0.0555. The number of carbonyl (C=O) groups excluding carboxylic acids is 2. The molecule has 1 aliphatic heterocycles. The number of hydrogen-bond acceptors (Lipinski definition) is 4. The van der Waals surface area contributed by atoms with Crippen molar-refractivity contribution < 1.29 is 19.1 Å². The fourth-order valence-corrected chi connectivity index (χ4v) is 2.55. The third-order valence-corrected chi connectivity index (χ3v) is 3.55. The number of carbonyl (C=O) groups is 2. The largest absolute Gasteiger partial charge is 0.467 e. The topological polar surface area (TPSA) is 55.8 Å². The summed E-state index contributed by atoms with van der Waals surface area (Å²) in [4.78, 5) is 25.3. The molecule has 1 amide bonds. The number of amides is 1. The Morgan fingerprint density at radius 3 is 2.65 bits per heavy atom. The van der Waals surface area contributed by atoms with Crippen LogP contribution in [0.3, 0.4) is 0 Å². The Bertz CT molecular complexity index is 299. The first-order valence-electron chi connectivity index (χ1n) is 6.20. The molecule has 5 heteroatoms. The van der Waals surface area contributed by atoms with Crippen LogP contribution < -0.4 is 0 Å². The van der Waals surface area contributed by atoms with Crippen LogP contribution in [0.4, 0.5) is 0 Å². The third kappa shape index (κ3) is 2.77. The van der Waals surface area contributed by atoms with Crippen LogP contribution in [-0.4, -0.2) is 49.7 Å². The fourth-order valence-electron chi connectivity index (χ4n) is 2.55. The van der Waals surface area contributed by atoms with Crippen molar-refractivity contribution in [3.8, 4) is 0 Å². The van der Waals surface area contributed by atoms with Crippen LogP contribution in [0.5, 0.6) is 0 Å². The first-order chi connectivity index (χ1) is 8.22. The van der Waals surface area contributed by atoms with Crippen molar-refractivity contribution in [2.24, 2.45) is 5.92 Å². The minimum Gasteiger partial charge on any atom is -0.467 e. The van der Waals surface area contributed by atoms with Crippen LogP contribution in [0.2, 0.25) is 0 Å². The van der Waals surface area contributed by atoms with Crippen LogP contribution >= 0.6 is 0 Å². The van der Waals surface area contributed by atoms with E-state index in [0.29, 0.717) is 19.7 Å². The lowest BCUT2D eigenvalue weighted by Gasteiger charge is -2.33. The average Bonchev–Trinajstić information content (AvgIpc) is 2.91. The summed E-state index contributed by atoms with van der Waals surface area (Å²) in [7, 11) is 1.34. The van der Waals surface area contributed by atoms with Gasteiger partial charge in [-0.2, -0.15) is 0 Å². The van der Waals surface area contributed by atoms with E-state index in [1.807, 2.05) is 0 Å². The van der Waals surface area contributed by atoms with Gasteiger partial charge in [-0.3, -0.25) is 4.79 Å². The summed E-state index contributed by atoms with van der Waals surface area (Å²) in [6.45, 7) is 1.34. The Labute approximate surface area is 101 Å². The molecule has 0 radical (unpaired) electrons. The highest BCUT2D eigenvalue weighted by Gasteiger charge is 2.33. The Morgan fingerprint density at radius 2 is 2.00 bits per heavy atom. The zero-order chi connectivity index (χ0) is 12.3. The van der Waals surface area contributed by atoms with E-state index in [-0.39, 0.29) is 11.8 Å². The predicted molar refractivity (Wildman–Crippen MR) is 60.3 cm³/mol. The van der Waals surface area contributed by atoms with Gasteiger partial charge in [-0.15, -0.1) is 0 Å². The van der Waals surface area contributed by atoms with Crippen LogP contribution in [0.25, 0.3) is 0 Å². The molecule has 1 saturated heterocycles. The molecule has 2 rings (SSSR count). The van der Waals surface area contributed by atoms with E-state index in [9.17, 15) is 9.59 Å². The Balaban J connectivity index is 1.92. The second-order valence-corrected chi connectivity index (χ2v) is 4.65. The standard InChI is InChI=1S/C12H19NO4/c1-16-12(15)10-8-13(6-7-17-10)11(14)9-4-2-3-5-9/h9-10H,2-8H2,1H3. The molecule has 96 valence electrons. The van der Waals surface area contributed by atoms with E-state index in [4.69, 9.17) is 4.74 Å². The van der Waals surface area contributed by atoms with Gasteiger partial charge in [0.25, 0.3) is 0 Å². The number of methoxy groups -OCH3 is 1. The van der Waals surface area contributed by atoms with E-state index in [1.54, 1.807) is 4.90 Å². The number of esters is 1. The van der Waals surface area contributed by atoms with Crippen LogP contribution in [0.1, 0.15) is 25.7 Å². The van der Waals surface area contributed by atoms with E-state index in [1.165, 1.54) is 7.11 Å². The maximum absolute atomic E-state index is 12.2. The first kappa shape index (κ1) is 12.4. The smallest absolute Gasteiger partial charge is 0.336 e. The Morgan fingerprint density at radius 1 is 1.29 bits per heavy atom. The number of morpholine rings is 1. The summed E-state index contributed by atoms with van der Waals surface area (Å²) in [6, 6.07) is 0. The molecule has 2 fully saturated rings. The lowest BCUT2D eigenvalue weighted by molar-refractivity contribution is -0.163. The van der Waals surface area contributed by atoms with Gasteiger partial charge < -0.3 is 14.4 Å². The Kier molecular flexibility index (Phi) is 3.99. The van der Waals surface area contributed by atoms with Crippen LogP contribution in [-0.2, 0) is 19.1 Å². The third-order valence-electron chi connectivity index (χ3n) is 3.55. The molecule has 5 nitrogen and oxygen atoms in total. The number of nitrogens with zero attached hydrogens (tertiary/aromatic N) is 1. The van der Waals surface area contributed by atoms with E-state index >= 15 is 0 Å². The van der Waals surface area contributed by atoms with Gasteiger partial charge in [0.05, 0.1) is 20.3 Å². The van der Waals surface area contributed by atoms with Crippen molar-refractivity contribution in [3.63, 3.8) is 0 Å². The highest BCUT2D eigenvalue weighted by Crippen LogP contribution is 2.27. The Hall–Kier alpha value is -1.10. The summed E-state index contributed by atoms with van der Waals surface area (Å²) >= 11 is 0. The van der Waals surface area contributed by atoms with Crippen LogP contribution in [0, 0.1) is 5.92 Å². The van der Waals surface area contributed by atoms with Crippen molar-refractivity contribution in [2.45, 2.75) is 31.8 Å². The van der Waals surface area contributed by atoms with Gasteiger partial charge in [-0.25, -0.2) is 4.79 Å². The highest BCUT2D eigenvalue weighted by molar-refractivity contribution is 5.81. The number of hydrogen-bond donors (Lipinski definition) is 0. The fraction of sp³-hybridized carbons (Fsp3) is 0.833. The molecule has 17 heavy (non-hydrogen) atoms. The number of rotatable bonds is 2. The maximum atomic E-state index is 12.2. The predicted octanol–water partition coefficient (Wildman–Crippen LogP) is 0.577. The molecule has 2 aliphatic rings. The van der Waals surface area contributed by atoms with Crippen molar-refractivity contribution in [3.05, 3.63) is 0 Å². The van der Waals surface area contributed by atoms with E-state index in [2.05, 4.69) is 4.74 Å². The molecule has 0 bridgehead atoms. The van der Waals surface area contributed by atoms with Gasteiger partial charge in [0, 0.05) is 12.5 Å². The van der Waals surface area contributed by atoms with Gasteiger partial charge in [0.2, 0.25) is 5.91 Å². The highest BCUT2D eigenvalue weighted by atomic mass is 16.6. The normalized spacial score (nSPS) is 25.9. The van der Waals surface area contributed by atoms with Crippen molar-refractivity contribution in [1.29, 1.82) is 0 Å². The zero-order valence-corrected chi connectivity index (χ0v) is 10.2. The van der Waals surface area contributed by atoms with Crippen molar-refractivity contribution in [2.75, 3.05) is 26.8 Å². The molecule has 1 aliphatic carbocycles. The lowest BCUT2D eigenvalue weighted by Crippen LogP contribution is -2.50. The molecule has 0 aromatic heterocycles. The second kappa shape index (κ2) is 5.49. The van der Waals surface area contributed by atoms with Crippen molar-refractivity contribution >= 4 is 11.9 Å². The summed E-state index contributed by atoms with van der Waals surface area (Å²) < 4.78 is 9.95. The number of ether oxygens (including phenoxy) is 2. The monoisotopic (exact) mass is 241 g/mol. The van der Waals surface area contributed by atoms with Crippen LogP contribution in [0.15, 0.2) is 0 Å². The van der Waals surface area contributed by atoms with E-state index < -0.39 is 12.1 Å². The molecule has 0 N–H and O–H groups in total. The molecule has 1 atom stereocenters. The van der Waals surface area contributed by atoms with Gasteiger partial charge in [-0.1, -0.05) is 12.8 Å². The molecular formula is C12H19NO4. The second-order valence-electron chi connectivity index (χ2n) is 4.65. The van der Waals surface area contributed by atoms with Crippen molar-refractivity contribution in [1.82, 2.24) is 4.90 Å². The molecular weight excluding hydrogens is 222 g/mol. The maximum Gasteiger partial charge on any atom is 0.336 e. The summed E-state index contributed by atoms with van der Waals surface area (Å²) in [5, 5.41) is 0. The SMILES string of the molecule is COC(=O)C1CN(C(=O)C2CCCC2)CCO1. The molecule has 1 unspecified atom stereocenters. The summed E-state index contributed by atoms with van der Waals surface area (Å²) in [5.41, 5.74) is 0. The quantitative estimate of drug-likeness (QED) is 0.663. The molecule has 1 saturated carbocycles. The van der Waals surface area contributed by atoms with Gasteiger partial charge in [-0.05, 0) is 12.8 Å². The van der Waals surface area contributed by atoms with Gasteiger partial charge >= 0.3 is 5.97 Å². The van der Waals surface area contributed by atoms with E-state index in [0.717, 1.165) is 25.7 Å². The first-order valence-corrected chi connectivity index (χ1v) is 6.20. The minimum absolute atomic E-state index is 0.159. The molecule has 1 heterocycles. The average molecular weight is 241 g/mol. The molecule has 0 aromatic carbocycles. The van der Waals surface area contributed by atoms with Gasteiger partial charge in [0.1, 0.15) is 0 Å².